The van der Waals surface area contributed by atoms with Gasteiger partial charge in [0.25, 0.3) is 0 Å². The third kappa shape index (κ3) is 1.90. The van der Waals surface area contributed by atoms with Gasteiger partial charge >= 0.3 is 0 Å². The van der Waals surface area contributed by atoms with Crippen molar-refractivity contribution in [3.63, 3.8) is 0 Å². The van der Waals surface area contributed by atoms with Crippen molar-refractivity contribution in [2.45, 2.75) is 26.7 Å². The van der Waals surface area contributed by atoms with E-state index in [-0.39, 0.29) is 16.9 Å². The Bertz CT molecular complexity index is 646. The van der Waals surface area contributed by atoms with Gasteiger partial charge in [0.2, 0.25) is 0 Å². The molecule has 0 atom stereocenters. The van der Waals surface area contributed by atoms with Gasteiger partial charge in [0.15, 0.2) is 5.43 Å². The molecule has 0 aliphatic carbocycles. The maximum atomic E-state index is 13.7. The third-order valence-corrected chi connectivity index (χ3v) is 3.53. The zero-order chi connectivity index (χ0) is 12.7. The fraction of sp³-hybridized carbons (Fsp3) is 0.308. The second-order valence-electron chi connectivity index (χ2n) is 4.43. The van der Waals surface area contributed by atoms with Gasteiger partial charge in [0, 0.05) is 15.7 Å². The van der Waals surface area contributed by atoms with Crippen LogP contribution in [0.4, 0.5) is 4.39 Å². The number of benzene rings is 1. The summed E-state index contributed by atoms with van der Waals surface area (Å²) in [7, 11) is 0. The maximum Gasteiger partial charge on any atom is 0.194 e. The van der Waals surface area contributed by atoms with Crippen molar-refractivity contribution >= 4 is 26.8 Å². The van der Waals surface area contributed by atoms with Crippen LogP contribution in [0.25, 0.3) is 10.9 Å². The van der Waals surface area contributed by atoms with E-state index in [1.54, 1.807) is 13.0 Å². The van der Waals surface area contributed by atoms with Crippen LogP contribution in [0, 0.1) is 12.7 Å². The highest BCUT2D eigenvalue weighted by molar-refractivity contribution is 9.10. The molecule has 1 aromatic heterocycles. The molecule has 2 rings (SSSR count). The SMILES string of the molecule is Cc1[nH]c2c(F)ccc(Br)c2c(=O)c1C(C)C. The first-order valence-electron chi connectivity index (χ1n) is 5.44. The number of hydrogen-bond donors (Lipinski definition) is 1. The topological polar surface area (TPSA) is 32.9 Å². The minimum absolute atomic E-state index is 0.0994. The zero-order valence-corrected chi connectivity index (χ0v) is 11.5. The van der Waals surface area contributed by atoms with Crippen molar-refractivity contribution in [2.75, 3.05) is 0 Å². The van der Waals surface area contributed by atoms with Gasteiger partial charge in [0.1, 0.15) is 5.82 Å². The summed E-state index contributed by atoms with van der Waals surface area (Å²) in [6.07, 6.45) is 0. The van der Waals surface area contributed by atoms with Gasteiger partial charge in [-0.25, -0.2) is 4.39 Å². The van der Waals surface area contributed by atoms with Crippen molar-refractivity contribution in [1.29, 1.82) is 0 Å². The first-order chi connectivity index (χ1) is 7.93. The molecule has 0 aliphatic rings. The van der Waals surface area contributed by atoms with Crippen molar-refractivity contribution in [3.8, 4) is 0 Å². The molecule has 2 nitrogen and oxygen atoms in total. The van der Waals surface area contributed by atoms with Crippen LogP contribution in [0.15, 0.2) is 21.4 Å². The monoisotopic (exact) mass is 297 g/mol. The molecule has 1 N–H and O–H groups in total. The quantitative estimate of drug-likeness (QED) is 0.852. The van der Waals surface area contributed by atoms with Crippen LogP contribution in [-0.2, 0) is 0 Å². The lowest BCUT2D eigenvalue weighted by Crippen LogP contribution is -2.15. The largest absolute Gasteiger partial charge is 0.356 e. The average molecular weight is 298 g/mol. The lowest BCUT2D eigenvalue weighted by atomic mass is 9.99. The zero-order valence-electron chi connectivity index (χ0n) is 9.90. The van der Waals surface area contributed by atoms with Gasteiger partial charge in [-0.05, 0) is 40.9 Å². The first kappa shape index (κ1) is 12.3. The number of aromatic amines is 1. The standard InChI is InChI=1S/C13H13BrFNO/c1-6(2)10-7(3)16-12-9(15)5-4-8(14)11(12)13(10)17/h4-6H,1-3H3,(H,16,17). The highest BCUT2D eigenvalue weighted by Crippen LogP contribution is 2.25. The number of rotatable bonds is 1. The third-order valence-electron chi connectivity index (χ3n) is 2.87. The molecule has 1 aromatic carbocycles. The molecule has 0 unspecified atom stereocenters. The lowest BCUT2D eigenvalue weighted by molar-refractivity contribution is 0.635. The Morgan fingerprint density at radius 3 is 2.59 bits per heavy atom. The van der Waals surface area contributed by atoms with E-state index in [0.717, 1.165) is 5.69 Å². The summed E-state index contributed by atoms with van der Waals surface area (Å²) in [4.78, 5) is 15.3. The van der Waals surface area contributed by atoms with E-state index in [9.17, 15) is 9.18 Å². The van der Waals surface area contributed by atoms with Crippen LogP contribution in [-0.4, -0.2) is 4.98 Å². The van der Waals surface area contributed by atoms with Crippen LogP contribution in [0.2, 0.25) is 0 Å². The normalized spacial score (nSPS) is 11.4. The number of halogens is 2. The molecule has 0 amide bonds. The fourth-order valence-corrected chi connectivity index (χ4v) is 2.66. The molecule has 4 heteroatoms. The van der Waals surface area contributed by atoms with E-state index in [2.05, 4.69) is 20.9 Å². The molecule has 0 bridgehead atoms. The summed E-state index contributed by atoms with van der Waals surface area (Å²) in [6.45, 7) is 5.71. The van der Waals surface area contributed by atoms with Crippen molar-refractivity contribution in [2.24, 2.45) is 0 Å². The van der Waals surface area contributed by atoms with Crippen molar-refractivity contribution < 1.29 is 4.39 Å². The van der Waals surface area contributed by atoms with E-state index >= 15 is 0 Å². The molecule has 0 saturated heterocycles. The molecule has 17 heavy (non-hydrogen) atoms. The molecule has 0 aliphatic heterocycles. The van der Waals surface area contributed by atoms with Crippen LogP contribution in [0.3, 0.4) is 0 Å². The second-order valence-corrected chi connectivity index (χ2v) is 5.28. The van der Waals surface area contributed by atoms with E-state index < -0.39 is 5.82 Å². The van der Waals surface area contributed by atoms with Gasteiger partial charge in [-0.15, -0.1) is 0 Å². The summed E-state index contributed by atoms with van der Waals surface area (Å²) >= 11 is 3.30. The average Bonchev–Trinajstić information content (AvgIpc) is 2.22. The Kier molecular flexibility index (Phi) is 3.08. The molecular weight excluding hydrogens is 285 g/mol. The number of pyridine rings is 1. The predicted octanol–water partition coefficient (Wildman–Crippen LogP) is 3.86. The molecule has 0 fully saturated rings. The molecular formula is C13H13BrFNO. The minimum atomic E-state index is -0.404. The number of H-pyrrole nitrogens is 1. The summed E-state index contributed by atoms with van der Waals surface area (Å²) in [5, 5.41) is 0.388. The molecule has 0 spiro atoms. The minimum Gasteiger partial charge on any atom is -0.356 e. The van der Waals surface area contributed by atoms with Crippen LogP contribution >= 0.6 is 15.9 Å². The van der Waals surface area contributed by atoms with Gasteiger partial charge in [-0.1, -0.05) is 13.8 Å². The van der Waals surface area contributed by atoms with E-state index in [4.69, 9.17) is 0 Å². The van der Waals surface area contributed by atoms with E-state index in [0.29, 0.717) is 15.4 Å². The maximum absolute atomic E-state index is 13.7. The number of hydrogen-bond acceptors (Lipinski definition) is 1. The highest BCUT2D eigenvalue weighted by atomic mass is 79.9. The molecule has 90 valence electrons. The number of aromatic nitrogens is 1. The second kappa shape index (κ2) is 4.26. The van der Waals surface area contributed by atoms with Gasteiger partial charge < -0.3 is 4.98 Å². The molecule has 0 radical (unpaired) electrons. The smallest absolute Gasteiger partial charge is 0.194 e. The molecule has 2 aromatic rings. The Balaban J connectivity index is 3.03. The fourth-order valence-electron chi connectivity index (χ4n) is 2.15. The molecule has 0 saturated carbocycles. The van der Waals surface area contributed by atoms with Crippen molar-refractivity contribution in [3.05, 3.63) is 43.9 Å². The summed E-state index contributed by atoms with van der Waals surface area (Å²) in [5.74, 6) is -0.294. The Labute approximate surface area is 107 Å². The van der Waals surface area contributed by atoms with Crippen LogP contribution in [0.1, 0.15) is 31.0 Å². The predicted molar refractivity (Wildman–Crippen MR) is 71.1 cm³/mol. The number of aryl methyl sites for hydroxylation is 1. The van der Waals surface area contributed by atoms with Crippen molar-refractivity contribution in [1.82, 2.24) is 4.98 Å². The van der Waals surface area contributed by atoms with Crippen LogP contribution in [0.5, 0.6) is 0 Å². The van der Waals surface area contributed by atoms with Gasteiger partial charge in [0.05, 0.1) is 10.9 Å². The number of fused-ring (bicyclic) bond motifs is 1. The highest BCUT2D eigenvalue weighted by Gasteiger charge is 2.16. The Hall–Kier alpha value is -1.16. The van der Waals surface area contributed by atoms with Crippen LogP contribution < -0.4 is 5.43 Å². The molecule has 1 heterocycles. The summed E-state index contributed by atoms with van der Waals surface area (Å²) in [6, 6.07) is 2.91. The van der Waals surface area contributed by atoms with Gasteiger partial charge in [-0.3, -0.25) is 4.79 Å². The van der Waals surface area contributed by atoms with Gasteiger partial charge in [-0.2, -0.15) is 0 Å². The first-order valence-corrected chi connectivity index (χ1v) is 6.23. The Morgan fingerprint density at radius 1 is 1.35 bits per heavy atom. The van der Waals surface area contributed by atoms with E-state index in [1.165, 1.54) is 6.07 Å². The summed E-state index contributed by atoms with van der Waals surface area (Å²) in [5.41, 5.74) is 1.61. The lowest BCUT2D eigenvalue weighted by Gasteiger charge is -2.12. The number of nitrogens with one attached hydrogen (secondary N) is 1. The Morgan fingerprint density at radius 2 is 2.00 bits per heavy atom. The summed E-state index contributed by atoms with van der Waals surface area (Å²) < 4.78 is 14.3. The van der Waals surface area contributed by atoms with E-state index in [1.807, 2.05) is 13.8 Å².